The van der Waals surface area contributed by atoms with Crippen LogP contribution >= 0.6 is 0 Å². The summed E-state index contributed by atoms with van der Waals surface area (Å²) in [6, 6.07) is 32.5. The first kappa shape index (κ1) is 63.0. The number of hydrogen-bond donors (Lipinski definition) is 11. The molecule has 0 radical (unpaired) electrons. The maximum atomic E-state index is 13.5. The molecule has 0 saturated carbocycles. The molecule has 0 saturated heterocycles. The fourth-order valence-corrected chi connectivity index (χ4v) is 9.31. The Labute approximate surface area is 485 Å². The van der Waals surface area contributed by atoms with Gasteiger partial charge in [0.15, 0.2) is 11.5 Å². The van der Waals surface area contributed by atoms with E-state index >= 15 is 0 Å². The first-order valence-corrected chi connectivity index (χ1v) is 28.4. The Morgan fingerprint density at radius 3 is 2.29 bits per heavy atom. The highest BCUT2D eigenvalue weighted by Crippen LogP contribution is 2.38. The van der Waals surface area contributed by atoms with E-state index in [0.29, 0.717) is 42.6 Å². The molecular formula is C59H68N9O15S-. The number of aliphatic hydroxyl groups is 5. The molecule has 2 aromatic heterocycles. The zero-order chi connectivity index (χ0) is 60.2. The fourth-order valence-electron chi connectivity index (χ4n) is 8.66. The minimum atomic E-state index is -4.77. The molecule has 0 aliphatic carbocycles. The van der Waals surface area contributed by atoms with Crippen LogP contribution in [0.2, 0.25) is 0 Å². The van der Waals surface area contributed by atoms with Gasteiger partial charge in [-0.25, -0.2) is 23.2 Å². The van der Waals surface area contributed by atoms with Gasteiger partial charge in [-0.15, -0.1) is 0 Å². The number of aromatic nitrogens is 2. The molecule has 0 bridgehead atoms. The Balaban J connectivity index is 0.850. The number of rotatable bonds is 30. The van der Waals surface area contributed by atoms with E-state index in [4.69, 9.17) is 24.3 Å². The molecule has 7 rings (SSSR count). The number of hydrazone groups is 1. The van der Waals surface area contributed by atoms with Crippen LogP contribution in [0.15, 0.2) is 138 Å². The van der Waals surface area contributed by atoms with Gasteiger partial charge in [-0.1, -0.05) is 74.5 Å². The molecule has 5 atom stereocenters. The van der Waals surface area contributed by atoms with Crippen molar-refractivity contribution in [1.82, 2.24) is 31.2 Å². The quantitative estimate of drug-likeness (QED) is 0.0128. The Morgan fingerprint density at radius 2 is 1.52 bits per heavy atom. The maximum absolute atomic E-state index is 13.5. The van der Waals surface area contributed by atoms with Crippen molar-refractivity contribution < 1.29 is 71.9 Å². The summed E-state index contributed by atoms with van der Waals surface area (Å²) >= 11 is 0. The van der Waals surface area contributed by atoms with Crippen molar-refractivity contribution in [3.63, 3.8) is 0 Å². The number of unbranched alkanes of at least 4 members (excludes halogenated alkanes) is 2. The van der Waals surface area contributed by atoms with Gasteiger partial charge in [0.2, 0.25) is 18.6 Å². The summed E-state index contributed by atoms with van der Waals surface area (Å²) < 4.78 is 52.1. The minimum absolute atomic E-state index is 0.00961. The number of ether oxygens (including phenoxy) is 3. The van der Waals surface area contributed by atoms with Gasteiger partial charge in [0, 0.05) is 54.3 Å². The number of pyridine rings is 2. The topological polar surface area (TPSA) is 365 Å². The second-order valence-corrected chi connectivity index (χ2v) is 21.8. The Hall–Kier alpha value is -8.56. The van der Waals surface area contributed by atoms with Crippen molar-refractivity contribution >= 4 is 51.6 Å². The van der Waals surface area contributed by atoms with Crippen LogP contribution in [-0.4, -0.2) is 149 Å². The van der Waals surface area contributed by atoms with Crippen molar-refractivity contribution in [3.8, 4) is 39.8 Å². The average Bonchev–Trinajstić information content (AvgIpc) is 4.17. The summed E-state index contributed by atoms with van der Waals surface area (Å²) in [6.45, 7) is 3.74. The van der Waals surface area contributed by atoms with E-state index in [-0.39, 0.29) is 54.1 Å². The van der Waals surface area contributed by atoms with E-state index in [0.717, 1.165) is 53.9 Å². The van der Waals surface area contributed by atoms with E-state index in [1.807, 2.05) is 60.7 Å². The smallest absolute Gasteiger partial charge is 0.319 e. The Bertz CT molecular complexity index is 3340. The molecule has 0 fully saturated rings. The minimum Gasteiger partial charge on any atom is -0.744 e. The lowest BCUT2D eigenvalue weighted by atomic mass is 9.87. The molecule has 0 unspecified atom stereocenters. The lowest BCUT2D eigenvalue weighted by Gasteiger charge is -2.26. The van der Waals surface area contributed by atoms with Crippen LogP contribution in [0.5, 0.6) is 17.4 Å². The molecule has 5 amide bonds. The SMILES string of the molecule is CC(C)(CCCCOc1cc(-c2ccc3c(c2)OCO3)cc(-c2ccccc2)n1)CNC(=O)Nc1cccc(C(=O)NCCCC[C@H](NC(=O)c2ccc(N/N=C/c3ccccc3S(=O)(=O)[O-])nc2)C(=O)NC[C@H](O)[C@@H](O)[C@H](O)[C@H](O)CO)c1. The Morgan fingerprint density at radius 1 is 0.762 bits per heavy atom. The number of nitrogens with zero attached hydrogens (tertiary/aromatic N) is 3. The maximum Gasteiger partial charge on any atom is 0.319 e. The van der Waals surface area contributed by atoms with E-state index in [2.05, 4.69) is 55.9 Å². The number of carbonyl (C=O) groups is 4. The molecular weight excluding hydrogens is 1110 g/mol. The van der Waals surface area contributed by atoms with Gasteiger partial charge in [0.05, 0.1) is 41.7 Å². The largest absolute Gasteiger partial charge is 0.744 e. The van der Waals surface area contributed by atoms with Crippen LogP contribution in [0, 0.1) is 5.41 Å². The third kappa shape index (κ3) is 18.7. The summed E-state index contributed by atoms with van der Waals surface area (Å²) in [4.78, 5) is 61.6. The lowest BCUT2D eigenvalue weighted by molar-refractivity contribution is -0.127. The first-order chi connectivity index (χ1) is 40.3. The zero-order valence-corrected chi connectivity index (χ0v) is 47.0. The summed E-state index contributed by atoms with van der Waals surface area (Å²) in [7, 11) is -4.77. The van der Waals surface area contributed by atoms with Gasteiger partial charge < -0.3 is 70.9 Å². The molecule has 1 aliphatic rings. The number of fused-ring (bicyclic) bond motifs is 1. The van der Waals surface area contributed by atoms with E-state index in [9.17, 15) is 52.6 Å². The molecule has 25 heteroatoms. The Kier molecular flexibility index (Phi) is 22.6. The summed E-state index contributed by atoms with van der Waals surface area (Å²) in [5, 5.41) is 67.0. The van der Waals surface area contributed by atoms with Crippen molar-refractivity contribution in [2.75, 3.05) is 50.4 Å². The molecule has 0 spiro atoms. The van der Waals surface area contributed by atoms with Crippen molar-refractivity contribution in [3.05, 3.63) is 144 Å². The van der Waals surface area contributed by atoms with Crippen LogP contribution < -0.4 is 46.2 Å². The fraction of sp³-hybridized carbons (Fsp3) is 0.339. The molecule has 446 valence electrons. The van der Waals surface area contributed by atoms with Gasteiger partial charge in [-0.2, -0.15) is 5.10 Å². The van der Waals surface area contributed by atoms with Crippen LogP contribution in [0.25, 0.3) is 22.4 Å². The van der Waals surface area contributed by atoms with Crippen LogP contribution in [0.3, 0.4) is 0 Å². The van der Waals surface area contributed by atoms with Gasteiger partial charge in [0.1, 0.15) is 40.3 Å². The second-order valence-electron chi connectivity index (χ2n) is 20.5. The number of urea groups is 1. The van der Waals surface area contributed by atoms with Crippen LogP contribution in [0.1, 0.15) is 78.7 Å². The van der Waals surface area contributed by atoms with E-state index in [1.54, 1.807) is 18.2 Å². The lowest BCUT2D eigenvalue weighted by Crippen LogP contribution is -2.52. The normalized spacial score (nSPS) is 13.9. The zero-order valence-electron chi connectivity index (χ0n) is 46.1. The molecule has 3 heterocycles. The number of amides is 5. The number of benzene rings is 4. The van der Waals surface area contributed by atoms with Crippen LogP contribution in [0.4, 0.5) is 16.3 Å². The molecule has 11 N–H and O–H groups in total. The molecule has 4 aromatic carbocycles. The van der Waals surface area contributed by atoms with E-state index < -0.39 is 82.4 Å². The molecule has 84 heavy (non-hydrogen) atoms. The number of anilines is 2. The second kappa shape index (κ2) is 30.1. The van der Waals surface area contributed by atoms with Gasteiger partial charge in [-0.05, 0) is 110 Å². The third-order valence-corrected chi connectivity index (χ3v) is 14.3. The predicted octanol–water partition coefficient (Wildman–Crippen LogP) is 4.54. The summed E-state index contributed by atoms with van der Waals surface area (Å²) in [5.74, 6) is 0.0564. The van der Waals surface area contributed by atoms with Crippen molar-refractivity contribution in [2.45, 2.75) is 87.7 Å². The highest BCUT2D eigenvalue weighted by Gasteiger charge is 2.31. The summed E-state index contributed by atoms with van der Waals surface area (Å²) in [6.07, 6.45) is -2.17. The van der Waals surface area contributed by atoms with Gasteiger partial charge in [0.25, 0.3) is 11.8 Å². The van der Waals surface area contributed by atoms with Crippen LogP contribution in [-0.2, 0) is 14.9 Å². The van der Waals surface area contributed by atoms with Crippen molar-refractivity contribution in [1.29, 1.82) is 0 Å². The number of aliphatic hydroxyl groups excluding tert-OH is 5. The molecule has 1 aliphatic heterocycles. The predicted molar refractivity (Wildman–Crippen MR) is 309 cm³/mol. The van der Waals surface area contributed by atoms with E-state index in [1.165, 1.54) is 42.6 Å². The number of hydrogen-bond acceptors (Lipinski definition) is 19. The average molecular weight is 1180 g/mol. The number of carbonyl (C=O) groups excluding carboxylic acids is 4. The standard InChI is InChI=1S/C59H69N9O15S/c1-59(2,24-9-11-26-81-52-30-42(28-45(66-52)37-13-4-3-5-14-37)38-20-22-48-49(29-38)83-36-82-48)35-63-58(77)65-43-17-12-16-39(27-43)55(74)60-25-10-8-18-44(57(76)62-33-46(70)53(72)54(73)47(71)34-69)67-56(75)41-21-23-51(61-31-41)68-64-32-40-15-6-7-19-50(40)84(78,79)80/h3-7,12-17,19-23,27-32,44,46-47,53-54,69-73H,8-11,18,24-26,33-36H2,1-2H3,(H,60,74)(H,61,68)(H,62,76)(H,67,75)(H2,63,65,77)(H,78,79,80)/p-1/b64-32+/t44-,46-,47+,53+,54+/m0/s1. The third-order valence-electron chi connectivity index (χ3n) is 13.4. The highest BCUT2D eigenvalue weighted by molar-refractivity contribution is 7.85. The number of nitrogens with one attached hydrogen (secondary N) is 6. The first-order valence-electron chi connectivity index (χ1n) is 27.0. The van der Waals surface area contributed by atoms with Gasteiger partial charge >= 0.3 is 6.03 Å². The monoisotopic (exact) mass is 1170 g/mol. The molecule has 6 aromatic rings. The summed E-state index contributed by atoms with van der Waals surface area (Å²) in [5.41, 5.74) is 6.61. The molecule has 24 nitrogen and oxygen atoms in total. The highest BCUT2D eigenvalue weighted by atomic mass is 32.2. The van der Waals surface area contributed by atoms with Crippen molar-refractivity contribution in [2.24, 2.45) is 10.5 Å². The van der Waals surface area contributed by atoms with Gasteiger partial charge in [-0.3, -0.25) is 19.8 Å².